The summed E-state index contributed by atoms with van der Waals surface area (Å²) in [6.45, 7) is 7.88. The fourth-order valence-corrected chi connectivity index (χ4v) is 2.04. The fourth-order valence-electron chi connectivity index (χ4n) is 1.29. The molecule has 0 fully saturated rings. The van der Waals surface area contributed by atoms with E-state index in [1.165, 1.54) is 0 Å². The molecule has 8 nitrogen and oxygen atoms in total. The van der Waals surface area contributed by atoms with Gasteiger partial charge in [0.15, 0.2) is 0 Å². The maximum absolute atomic E-state index is 11.7. The predicted octanol–water partition coefficient (Wildman–Crippen LogP) is 1.85. The molecule has 2 rings (SSSR count). The number of aromatic nitrogens is 4. The van der Waals surface area contributed by atoms with E-state index >= 15 is 0 Å². The van der Waals surface area contributed by atoms with Crippen LogP contribution in [-0.2, 0) is 12.0 Å². The van der Waals surface area contributed by atoms with E-state index in [9.17, 15) is 4.79 Å². The molecule has 108 valence electrons. The average Bonchev–Trinajstić information content (AvgIpc) is 2.95. The lowest BCUT2D eigenvalue weighted by Crippen LogP contribution is -2.28. The quantitative estimate of drug-likeness (QED) is 0.895. The highest BCUT2D eigenvalue weighted by atomic mass is 32.1. The first kappa shape index (κ1) is 14.4. The molecule has 20 heavy (non-hydrogen) atoms. The summed E-state index contributed by atoms with van der Waals surface area (Å²) in [7, 11) is 0. The summed E-state index contributed by atoms with van der Waals surface area (Å²) in [5.74, 6) is 1.51. The van der Waals surface area contributed by atoms with Gasteiger partial charge in [-0.3, -0.25) is 5.32 Å². The summed E-state index contributed by atoms with van der Waals surface area (Å²) in [6.07, 6.45) is 0. The van der Waals surface area contributed by atoms with Crippen LogP contribution in [0, 0.1) is 6.92 Å². The van der Waals surface area contributed by atoms with Crippen molar-refractivity contribution in [2.24, 2.45) is 0 Å². The monoisotopic (exact) mass is 296 g/mol. The minimum absolute atomic E-state index is 0.145. The minimum Gasteiger partial charge on any atom is -0.424 e. The van der Waals surface area contributed by atoms with Crippen molar-refractivity contribution in [2.45, 2.75) is 39.7 Å². The van der Waals surface area contributed by atoms with Crippen LogP contribution in [0.15, 0.2) is 4.42 Å². The molecule has 0 spiro atoms. The number of hydrogen-bond acceptors (Lipinski definition) is 7. The summed E-state index contributed by atoms with van der Waals surface area (Å²) < 4.78 is 9.35. The van der Waals surface area contributed by atoms with Crippen LogP contribution in [0.5, 0.6) is 0 Å². The lowest BCUT2D eigenvalue weighted by Gasteiger charge is -2.12. The second-order valence-corrected chi connectivity index (χ2v) is 5.95. The van der Waals surface area contributed by atoms with E-state index in [0.717, 1.165) is 11.5 Å². The minimum atomic E-state index is -0.391. The van der Waals surface area contributed by atoms with Crippen molar-refractivity contribution < 1.29 is 9.21 Å². The predicted molar refractivity (Wildman–Crippen MR) is 73.5 cm³/mol. The molecule has 0 aliphatic rings. The van der Waals surface area contributed by atoms with Crippen LogP contribution in [0.4, 0.5) is 9.93 Å². The van der Waals surface area contributed by atoms with Crippen LogP contribution >= 0.6 is 11.5 Å². The number of aryl methyl sites for hydroxylation is 1. The number of nitrogens with one attached hydrogen (secondary N) is 2. The molecule has 2 N–H and O–H groups in total. The molecule has 0 radical (unpaired) electrons. The van der Waals surface area contributed by atoms with Gasteiger partial charge in [-0.25, -0.2) is 9.78 Å². The number of carbonyl (C=O) groups is 1. The molecule has 0 aliphatic carbocycles. The Morgan fingerprint density at radius 2 is 2.10 bits per heavy atom. The van der Waals surface area contributed by atoms with E-state index in [2.05, 4.69) is 30.2 Å². The van der Waals surface area contributed by atoms with Crippen molar-refractivity contribution in [3.63, 3.8) is 0 Å². The van der Waals surface area contributed by atoms with Gasteiger partial charge in [-0.15, -0.1) is 10.2 Å². The zero-order valence-electron chi connectivity index (χ0n) is 11.7. The topological polar surface area (TPSA) is 106 Å². The highest BCUT2D eigenvalue weighted by Gasteiger charge is 2.20. The van der Waals surface area contributed by atoms with Crippen molar-refractivity contribution in [2.75, 3.05) is 5.32 Å². The third-order valence-corrected chi connectivity index (χ3v) is 2.92. The number of urea groups is 1. The number of amides is 2. The number of hydrogen-bond donors (Lipinski definition) is 2. The van der Waals surface area contributed by atoms with Crippen LogP contribution in [0.25, 0.3) is 0 Å². The van der Waals surface area contributed by atoms with Crippen LogP contribution in [-0.4, -0.2) is 25.6 Å². The summed E-state index contributed by atoms with van der Waals surface area (Å²) in [4.78, 5) is 15.9. The summed E-state index contributed by atoms with van der Waals surface area (Å²) in [5, 5.41) is 13.1. The number of carbonyl (C=O) groups excluding carboxylic acids is 1. The molecule has 2 aromatic rings. The van der Waals surface area contributed by atoms with Crippen molar-refractivity contribution in [3.05, 3.63) is 17.6 Å². The Labute approximate surface area is 120 Å². The number of rotatable bonds is 3. The molecule has 0 aromatic carbocycles. The normalized spacial score (nSPS) is 11.4. The van der Waals surface area contributed by atoms with E-state index < -0.39 is 6.03 Å². The standard InChI is InChI=1S/C11H16N6O2S/c1-6-15-16-7(19-6)5-12-9(18)14-10-13-8(17-20-10)11(2,3)4/h5H2,1-4H3,(H2,12,13,14,17,18). The van der Waals surface area contributed by atoms with E-state index in [1.807, 2.05) is 20.8 Å². The van der Waals surface area contributed by atoms with Gasteiger partial charge in [-0.2, -0.15) is 4.37 Å². The molecular weight excluding hydrogens is 280 g/mol. The Hall–Kier alpha value is -2.03. The maximum atomic E-state index is 11.7. The molecule has 2 amide bonds. The van der Waals surface area contributed by atoms with Gasteiger partial charge in [-0.1, -0.05) is 20.8 Å². The van der Waals surface area contributed by atoms with E-state index in [1.54, 1.807) is 6.92 Å². The molecule has 2 heterocycles. The molecule has 0 atom stereocenters. The summed E-state index contributed by atoms with van der Waals surface area (Å²) in [5.41, 5.74) is -0.145. The van der Waals surface area contributed by atoms with Crippen molar-refractivity contribution in [3.8, 4) is 0 Å². The third kappa shape index (κ3) is 3.73. The highest BCUT2D eigenvalue weighted by molar-refractivity contribution is 7.09. The zero-order valence-corrected chi connectivity index (χ0v) is 12.5. The number of anilines is 1. The second-order valence-electron chi connectivity index (χ2n) is 5.20. The van der Waals surface area contributed by atoms with Crippen LogP contribution in [0.3, 0.4) is 0 Å². The Morgan fingerprint density at radius 1 is 1.35 bits per heavy atom. The Bertz CT molecular complexity index is 600. The average molecular weight is 296 g/mol. The van der Waals surface area contributed by atoms with Gasteiger partial charge in [0, 0.05) is 23.9 Å². The van der Waals surface area contributed by atoms with Gasteiger partial charge in [0.25, 0.3) is 0 Å². The first-order valence-corrected chi connectivity index (χ1v) is 6.80. The zero-order chi connectivity index (χ0) is 14.8. The molecule has 0 aliphatic heterocycles. The Kier molecular flexibility index (Phi) is 3.98. The second kappa shape index (κ2) is 5.53. The molecular formula is C11H16N6O2S. The van der Waals surface area contributed by atoms with Crippen LogP contribution in [0.1, 0.15) is 38.4 Å². The maximum Gasteiger partial charge on any atom is 0.321 e. The van der Waals surface area contributed by atoms with E-state index in [0.29, 0.717) is 22.7 Å². The molecule has 0 bridgehead atoms. The van der Waals surface area contributed by atoms with Gasteiger partial charge < -0.3 is 9.73 Å². The van der Waals surface area contributed by atoms with Crippen LogP contribution in [0.2, 0.25) is 0 Å². The largest absolute Gasteiger partial charge is 0.424 e. The number of nitrogens with zero attached hydrogens (tertiary/aromatic N) is 4. The summed E-state index contributed by atoms with van der Waals surface area (Å²) in [6, 6.07) is -0.391. The highest BCUT2D eigenvalue weighted by Crippen LogP contribution is 2.22. The van der Waals surface area contributed by atoms with E-state index in [-0.39, 0.29) is 12.0 Å². The molecule has 0 unspecified atom stereocenters. The first-order valence-electron chi connectivity index (χ1n) is 6.02. The lowest BCUT2D eigenvalue weighted by molar-refractivity contribution is 0.250. The van der Waals surface area contributed by atoms with Gasteiger partial charge in [0.05, 0.1) is 6.54 Å². The molecule has 2 aromatic heterocycles. The van der Waals surface area contributed by atoms with Gasteiger partial charge >= 0.3 is 6.03 Å². The Morgan fingerprint density at radius 3 is 2.65 bits per heavy atom. The summed E-state index contributed by atoms with van der Waals surface area (Å²) >= 11 is 1.15. The Balaban J connectivity index is 1.87. The van der Waals surface area contributed by atoms with Gasteiger partial charge in [0.2, 0.25) is 16.9 Å². The smallest absolute Gasteiger partial charge is 0.321 e. The third-order valence-electron chi connectivity index (χ3n) is 2.29. The molecule has 0 saturated heterocycles. The first-order chi connectivity index (χ1) is 9.34. The van der Waals surface area contributed by atoms with Crippen molar-refractivity contribution in [1.82, 2.24) is 24.9 Å². The molecule has 0 saturated carbocycles. The molecule has 9 heteroatoms. The van der Waals surface area contributed by atoms with Gasteiger partial charge in [0.1, 0.15) is 5.82 Å². The van der Waals surface area contributed by atoms with Crippen molar-refractivity contribution in [1.29, 1.82) is 0 Å². The fraction of sp³-hybridized carbons (Fsp3) is 0.545. The van der Waals surface area contributed by atoms with Gasteiger partial charge in [-0.05, 0) is 0 Å². The SMILES string of the molecule is Cc1nnc(CNC(=O)Nc2nc(C(C)(C)C)ns2)o1. The van der Waals surface area contributed by atoms with Crippen LogP contribution < -0.4 is 10.6 Å². The van der Waals surface area contributed by atoms with E-state index in [4.69, 9.17) is 4.42 Å². The van der Waals surface area contributed by atoms with Crippen molar-refractivity contribution >= 4 is 22.7 Å². The lowest BCUT2D eigenvalue weighted by atomic mass is 9.96.